The summed E-state index contributed by atoms with van der Waals surface area (Å²) in [5.41, 5.74) is 0. The van der Waals surface area contributed by atoms with Gasteiger partial charge in [-0.25, -0.2) is 9.59 Å². The molecule has 2 atom stereocenters. The summed E-state index contributed by atoms with van der Waals surface area (Å²) in [6, 6.07) is 6.41. The predicted octanol–water partition coefficient (Wildman–Crippen LogP) is 3.41. The number of hydrogen-bond donors (Lipinski definition) is 2. The number of aliphatic carboxylic acids is 2. The lowest BCUT2D eigenvalue weighted by Gasteiger charge is -2.29. The van der Waals surface area contributed by atoms with Crippen molar-refractivity contribution in [2.45, 2.75) is 25.0 Å². The van der Waals surface area contributed by atoms with Crippen LogP contribution in [0.5, 0.6) is 5.75 Å². The standard InChI is InChI=1S/C14H19Br2NO2.C4H4O4/c1-17-5-3-4-13(17)14(9-18-2)19-12-7-10(15)6-11(16)8-12;5-3(6)1-2-4(7)8/h6-8,13-14H,3-5,9H2,1-2H3;1-2H,(H,5,6)(H,7,8). The average molecular weight is 509 g/mol. The highest BCUT2D eigenvalue weighted by atomic mass is 79.9. The van der Waals surface area contributed by atoms with E-state index < -0.39 is 11.9 Å². The molecule has 9 heteroatoms. The number of carboxylic acid groups (broad SMARTS) is 2. The van der Waals surface area contributed by atoms with Crippen LogP contribution in [0.1, 0.15) is 12.8 Å². The Morgan fingerprint density at radius 1 is 1.22 bits per heavy atom. The Hall–Kier alpha value is -1.42. The van der Waals surface area contributed by atoms with Gasteiger partial charge in [0.25, 0.3) is 0 Å². The minimum absolute atomic E-state index is 0.0682. The van der Waals surface area contributed by atoms with Crippen LogP contribution in [-0.2, 0) is 14.3 Å². The first kappa shape index (κ1) is 23.6. The lowest BCUT2D eigenvalue weighted by atomic mass is 10.1. The van der Waals surface area contributed by atoms with Crippen LogP contribution in [0.15, 0.2) is 39.3 Å². The molecular weight excluding hydrogens is 486 g/mol. The Balaban J connectivity index is 0.000000387. The number of carbonyl (C=O) groups is 2. The maximum Gasteiger partial charge on any atom is 0.328 e. The van der Waals surface area contributed by atoms with E-state index in [1.165, 1.54) is 12.8 Å². The van der Waals surface area contributed by atoms with Crippen LogP contribution < -0.4 is 4.74 Å². The summed E-state index contributed by atoms with van der Waals surface area (Å²) in [6.45, 7) is 1.75. The minimum Gasteiger partial charge on any atom is -0.486 e. The number of benzene rings is 1. The zero-order chi connectivity index (χ0) is 20.4. The maximum absolute atomic E-state index is 9.55. The molecule has 0 aliphatic carbocycles. The van der Waals surface area contributed by atoms with Crippen molar-refractivity contribution < 1.29 is 29.3 Å². The fourth-order valence-corrected chi connectivity index (χ4v) is 3.96. The van der Waals surface area contributed by atoms with Gasteiger partial charge < -0.3 is 19.7 Å². The molecule has 0 saturated carbocycles. The van der Waals surface area contributed by atoms with Crippen LogP contribution in [0.2, 0.25) is 0 Å². The van der Waals surface area contributed by atoms with Gasteiger partial charge in [0, 0.05) is 34.2 Å². The molecule has 27 heavy (non-hydrogen) atoms. The molecule has 0 radical (unpaired) electrons. The van der Waals surface area contributed by atoms with Gasteiger partial charge in [-0.15, -0.1) is 0 Å². The molecule has 1 aromatic carbocycles. The lowest BCUT2D eigenvalue weighted by molar-refractivity contribution is -0.134. The van der Waals surface area contributed by atoms with Gasteiger partial charge in [0.05, 0.1) is 6.61 Å². The number of nitrogens with zero attached hydrogens (tertiary/aromatic N) is 1. The normalized spacial score (nSPS) is 18.0. The smallest absolute Gasteiger partial charge is 0.328 e. The third-order valence-electron chi connectivity index (χ3n) is 3.83. The van der Waals surface area contributed by atoms with E-state index in [1.807, 2.05) is 18.2 Å². The van der Waals surface area contributed by atoms with Crippen LogP contribution in [0.3, 0.4) is 0 Å². The first-order chi connectivity index (χ1) is 12.7. The number of rotatable bonds is 7. The summed E-state index contributed by atoms with van der Waals surface area (Å²) >= 11 is 6.97. The molecule has 1 aliphatic rings. The largest absolute Gasteiger partial charge is 0.486 e. The quantitative estimate of drug-likeness (QED) is 0.545. The number of hydrogen-bond acceptors (Lipinski definition) is 5. The van der Waals surface area contributed by atoms with E-state index in [1.54, 1.807) is 7.11 Å². The van der Waals surface area contributed by atoms with Crippen molar-refractivity contribution in [3.05, 3.63) is 39.3 Å². The Bertz CT molecular complexity index is 631. The van der Waals surface area contributed by atoms with Crippen molar-refractivity contribution in [3.8, 4) is 5.75 Å². The molecule has 1 aromatic rings. The molecular formula is C18H23Br2NO6. The first-order valence-electron chi connectivity index (χ1n) is 8.18. The Morgan fingerprint density at radius 2 is 1.78 bits per heavy atom. The zero-order valence-electron chi connectivity index (χ0n) is 15.1. The topological polar surface area (TPSA) is 96.3 Å². The van der Waals surface area contributed by atoms with E-state index in [9.17, 15) is 9.59 Å². The summed E-state index contributed by atoms with van der Waals surface area (Å²) in [6.07, 6.45) is 3.58. The number of halogens is 2. The van der Waals surface area contributed by atoms with Crippen molar-refractivity contribution in [3.63, 3.8) is 0 Å². The van der Waals surface area contributed by atoms with E-state index in [4.69, 9.17) is 19.7 Å². The van der Waals surface area contributed by atoms with Crippen molar-refractivity contribution in [1.29, 1.82) is 0 Å². The minimum atomic E-state index is -1.26. The van der Waals surface area contributed by atoms with E-state index in [-0.39, 0.29) is 6.10 Å². The summed E-state index contributed by atoms with van der Waals surface area (Å²) in [5, 5.41) is 15.6. The monoisotopic (exact) mass is 507 g/mol. The zero-order valence-corrected chi connectivity index (χ0v) is 18.3. The Kier molecular flexibility index (Phi) is 10.6. The SMILES string of the molecule is COCC(Oc1cc(Br)cc(Br)c1)C1CCCN1C.O=C(O)C=CC(=O)O. The van der Waals surface area contributed by atoms with Crippen LogP contribution in [0.4, 0.5) is 0 Å². The highest BCUT2D eigenvalue weighted by Gasteiger charge is 2.30. The maximum atomic E-state index is 9.55. The van der Waals surface area contributed by atoms with E-state index in [0.29, 0.717) is 24.8 Å². The predicted molar refractivity (Wildman–Crippen MR) is 108 cm³/mol. The van der Waals surface area contributed by atoms with Crippen LogP contribution >= 0.6 is 31.9 Å². The third-order valence-corrected chi connectivity index (χ3v) is 4.74. The summed E-state index contributed by atoms with van der Waals surface area (Å²) in [7, 11) is 3.88. The average Bonchev–Trinajstić information content (AvgIpc) is 2.98. The van der Waals surface area contributed by atoms with Gasteiger partial charge in [0.1, 0.15) is 11.9 Å². The number of methoxy groups -OCH3 is 1. The number of likely N-dealkylation sites (tertiary alicyclic amines) is 1. The molecule has 0 spiro atoms. The fraction of sp³-hybridized carbons (Fsp3) is 0.444. The van der Waals surface area contributed by atoms with Crippen molar-refractivity contribution in [1.82, 2.24) is 4.90 Å². The molecule has 1 fully saturated rings. The highest BCUT2D eigenvalue weighted by molar-refractivity contribution is 9.11. The van der Waals surface area contributed by atoms with E-state index in [0.717, 1.165) is 21.2 Å². The van der Waals surface area contributed by atoms with Crippen molar-refractivity contribution in [2.24, 2.45) is 0 Å². The van der Waals surface area contributed by atoms with Gasteiger partial charge in [-0.1, -0.05) is 31.9 Å². The highest BCUT2D eigenvalue weighted by Crippen LogP contribution is 2.28. The molecule has 150 valence electrons. The van der Waals surface area contributed by atoms with Crippen LogP contribution in [0.25, 0.3) is 0 Å². The van der Waals surface area contributed by atoms with Crippen molar-refractivity contribution in [2.75, 3.05) is 27.3 Å². The van der Waals surface area contributed by atoms with E-state index >= 15 is 0 Å². The third kappa shape index (κ3) is 9.37. The molecule has 2 N–H and O–H groups in total. The lowest BCUT2D eigenvalue weighted by Crippen LogP contribution is -2.42. The Labute approximate surface area is 175 Å². The first-order valence-corrected chi connectivity index (χ1v) is 9.77. The van der Waals surface area contributed by atoms with Crippen molar-refractivity contribution >= 4 is 43.8 Å². The molecule has 1 saturated heterocycles. The second-order valence-corrected chi connectivity index (χ2v) is 7.75. The number of ether oxygens (including phenoxy) is 2. The molecule has 2 rings (SSSR count). The number of carboxylic acids is 2. The second-order valence-electron chi connectivity index (χ2n) is 5.92. The number of likely N-dealkylation sites (N-methyl/N-ethyl adjacent to an activating group) is 1. The van der Waals surface area contributed by atoms with Gasteiger partial charge in [-0.3, -0.25) is 4.90 Å². The molecule has 2 unspecified atom stereocenters. The molecule has 1 aliphatic heterocycles. The molecule has 0 aromatic heterocycles. The van der Waals surface area contributed by atoms with Gasteiger partial charge in [0.15, 0.2) is 0 Å². The van der Waals surface area contributed by atoms with Gasteiger partial charge >= 0.3 is 11.9 Å². The second kappa shape index (κ2) is 12.1. The van der Waals surface area contributed by atoms with E-state index in [2.05, 4.69) is 43.8 Å². The summed E-state index contributed by atoms with van der Waals surface area (Å²) in [4.78, 5) is 21.5. The summed E-state index contributed by atoms with van der Waals surface area (Å²) < 4.78 is 13.5. The molecule has 1 heterocycles. The van der Waals surface area contributed by atoms with Gasteiger partial charge in [0.2, 0.25) is 0 Å². The van der Waals surface area contributed by atoms with Crippen LogP contribution in [-0.4, -0.2) is 66.5 Å². The molecule has 0 amide bonds. The Morgan fingerprint density at radius 3 is 2.19 bits per heavy atom. The van der Waals surface area contributed by atoms with Gasteiger partial charge in [-0.05, 0) is 44.6 Å². The van der Waals surface area contributed by atoms with Gasteiger partial charge in [-0.2, -0.15) is 0 Å². The van der Waals surface area contributed by atoms with Crippen LogP contribution in [0, 0.1) is 0 Å². The molecule has 0 bridgehead atoms. The summed E-state index contributed by atoms with van der Waals surface area (Å²) in [5.74, 6) is -1.65. The fourth-order valence-electron chi connectivity index (χ4n) is 2.71. The molecule has 7 nitrogen and oxygen atoms in total.